The first-order valence-corrected chi connectivity index (χ1v) is 11.3. The molecule has 3 atom stereocenters. The molecule has 0 spiro atoms. The van der Waals surface area contributed by atoms with Crippen LogP contribution >= 0.6 is 11.9 Å². The van der Waals surface area contributed by atoms with E-state index in [1.54, 1.807) is 42.1 Å². The lowest BCUT2D eigenvalue weighted by molar-refractivity contribution is 0.244. The molecule has 0 amide bonds. The highest BCUT2D eigenvalue weighted by atomic mass is 32.2. The quantitative estimate of drug-likeness (QED) is 0.376. The third-order valence-corrected chi connectivity index (χ3v) is 7.62. The summed E-state index contributed by atoms with van der Waals surface area (Å²) < 4.78 is 15.6. The highest BCUT2D eigenvalue weighted by molar-refractivity contribution is 7.97. The van der Waals surface area contributed by atoms with Crippen LogP contribution in [0.2, 0.25) is 0 Å². The summed E-state index contributed by atoms with van der Waals surface area (Å²) in [6.07, 6.45) is 3.11. The van der Waals surface area contributed by atoms with Gasteiger partial charge in [0.15, 0.2) is 5.03 Å². The number of halogens is 1. The molecule has 3 aromatic rings. The molecule has 7 nitrogen and oxygen atoms in total. The van der Waals surface area contributed by atoms with Crippen LogP contribution in [0.25, 0.3) is 0 Å². The maximum Gasteiger partial charge on any atom is 0.153 e. The summed E-state index contributed by atoms with van der Waals surface area (Å²) in [5, 5.41) is 30.7. The van der Waals surface area contributed by atoms with Crippen LogP contribution in [0.4, 0.5) is 15.8 Å². The summed E-state index contributed by atoms with van der Waals surface area (Å²) in [5.74, 6) is 0.299. The molecule has 1 aliphatic carbocycles. The number of aromatic nitrogens is 3. The van der Waals surface area contributed by atoms with E-state index in [-0.39, 0.29) is 23.8 Å². The van der Waals surface area contributed by atoms with Gasteiger partial charge in [-0.05, 0) is 78.2 Å². The number of nitrogens with zero attached hydrogens (tertiary/aromatic N) is 4. The van der Waals surface area contributed by atoms with Gasteiger partial charge in [-0.25, -0.2) is 8.70 Å². The normalized spacial score (nSPS) is 24.4. The second-order valence-corrected chi connectivity index (χ2v) is 9.67. The SMILES string of the molecule is Cc1cc(Nc2ccc(F)cc2)c(C=N)cc1C12CN(Sc3cnn(C)n3)CC1C2CO. The number of piperidine rings is 1. The molecule has 2 aromatic carbocycles. The summed E-state index contributed by atoms with van der Waals surface area (Å²) >= 11 is 1.60. The average Bonchev–Trinajstić information content (AvgIpc) is 3.02. The van der Waals surface area contributed by atoms with E-state index in [0.717, 1.165) is 40.6 Å². The third kappa shape index (κ3) is 3.50. The van der Waals surface area contributed by atoms with Crippen molar-refractivity contribution in [1.29, 1.82) is 5.41 Å². The van der Waals surface area contributed by atoms with E-state index in [1.807, 2.05) is 0 Å². The molecular formula is C23H25FN6OS. The summed E-state index contributed by atoms with van der Waals surface area (Å²) in [5.41, 5.74) is 4.53. The van der Waals surface area contributed by atoms with E-state index in [4.69, 9.17) is 5.41 Å². The predicted octanol–water partition coefficient (Wildman–Crippen LogP) is 3.50. The Labute approximate surface area is 190 Å². The summed E-state index contributed by atoms with van der Waals surface area (Å²) in [4.78, 5) is 1.55. The fourth-order valence-corrected chi connectivity index (χ4v) is 6.22. The van der Waals surface area contributed by atoms with Crippen molar-refractivity contribution >= 4 is 29.5 Å². The molecule has 0 bridgehead atoms. The zero-order valence-electron chi connectivity index (χ0n) is 17.9. The minimum atomic E-state index is -0.284. The second kappa shape index (κ2) is 7.99. The molecule has 166 valence electrons. The van der Waals surface area contributed by atoms with Crippen molar-refractivity contribution < 1.29 is 9.50 Å². The van der Waals surface area contributed by atoms with Crippen molar-refractivity contribution in [3.05, 3.63) is 65.1 Å². The van der Waals surface area contributed by atoms with Crippen LogP contribution in [0.15, 0.2) is 47.6 Å². The van der Waals surface area contributed by atoms with Gasteiger partial charge in [-0.2, -0.15) is 9.90 Å². The Morgan fingerprint density at radius 3 is 2.78 bits per heavy atom. The smallest absolute Gasteiger partial charge is 0.153 e. The lowest BCUT2D eigenvalue weighted by atomic mass is 9.87. The lowest BCUT2D eigenvalue weighted by Crippen LogP contribution is -2.26. The molecule has 5 rings (SSSR count). The minimum Gasteiger partial charge on any atom is -0.396 e. The Kier molecular flexibility index (Phi) is 5.27. The van der Waals surface area contributed by atoms with Gasteiger partial charge in [-0.15, -0.1) is 5.10 Å². The zero-order valence-corrected chi connectivity index (χ0v) is 18.7. The molecule has 1 saturated heterocycles. The Morgan fingerprint density at radius 2 is 2.12 bits per heavy atom. The number of aliphatic hydroxyl groups excluding tert-OH is 1. The average molecular weight is 453 g/mol. The Morgan fingerprint density at radius 1 is 1.34 bits per heavy atom. The third-order valence-electron chi connectivity index (χ3n) is 6.71. The number of benzene rings is 2. The van der Waals surface area contributed by atoms with Crippen LogP contribution in [0.3, 0.4) is 0 Å². The molecule has 1 saturated carbocycles. The number of nitrogens with one attached hydrogen (secondary N) is 2. The van der Waals surface area contributed by atoms with E-state index in [2.05, 4.69) is 38.9 Å². The molecule has 2 fully saturated rings. The van der Waals surface area contributed by atoms with Gasteiger partial charge in [0, 0.05) is 55.3 Å². The maximum atomic E-state index is 13.2. The fourth-order valence-electron chi connectivity index (χ4n) is 5.19. The summed E-state index contributed by atoms with van der Waals surface area (Å²) in [6.45, 7) is 3.92. The standard InChI is InChI=1S/C23H25FN6OS/c1-14-7-21(27-17-5-3-16(24)4-6-17)15(9-25)8-18(14)23-13-30(11-19(23)20(23)12-31)32-22-10-26-29(2)28-22/h3-10,19-20,25,27,31H,11-13H2,1-2H3. The number of hydrogen-bond donors (Lipinski definition) is 3. The largest absolute Gasteiger partial charge is 0.396 e. The van der Waals surface area contributed by atoms with E-state index < -0.39 is 0 Å². The van der Waals surface area contributed by atoms with Gasteiger partial charge in [0.25, 0.3) is 0 Å². The first kappa shape index (κ1) is 21.1. The van der Waals surface area contributed by atoms with E-state index in [9.17, 15) is 9.50 Å². The van der Waals surface area contributed by atoms with Gasteiger partial charge in [-0.3, -0.25) is 0 Å². The van der Waals surface area contributed by atoms with Crippen LogP contribution in [-0.2, 0) is 12.5 Å². The Hall–Kier alpha value is -2.75. The van der Waals surface area contributed by atoms with Crippen molar-refractivity contribution in [3.8, 4) is 0 Å². The van der Waals surface area contributed by atoms with Crippen LogP contribution < -0.4 is 5.32 Å². The topological polar surface area (TPSA) is 90.1 Å². The molecule has 2 heterocycles. The van der Waals surface area contributed by atoms with Gasteiger partial charge in [0.2, 0.25) is 0 Å². The predicted molar refractivity (Wildman–Crippen MR) is 123 cm³/mol. The molecular weight excluding hydrogens is 427 g/mol. The molecule has 3 N–H and O–H groups in total. The van der Waals surface area contributed by atoms with Crippen LogP contribution in [0.1, 0.15) is 16.7 Å². The van der Waals surface area contributed by atoms with Gasteiger partial charge in [-0.1, -0.05) is 0 Å². The zero-order chi connectivity index (χ0) is 22.5. The summed E-state index contributed by atoms with van der Waals surface area (Å²) in [7, 11) is 1.80. The number of anilines is 2. The minimum absolute atomic E-state index is 0.125. The van der Waals surface area contributed by atoms with Gasteiger partial charge < -0.3 is 15.8 Å². The molecule has 1 aromatic heterocycles. The van der Waals surface area contributed by atoms with E-state index in [1.165, 1.54) is 23.9 Å². The van der Waals surface area contributed by atoms with Crippen molar-refractivity contribution in [2.24, 2.45) is 18.9 Å². The highest BCUT2D eigenvalue weighted by Gasteiger charge is 2.69. The fraction of sp³-hybridized carbons (Fsp3) is 0.348. The Bertz CT molecular complexity index is 1170. The summed E-state index contributed by atoms with van der Waals surface area (Å²) in [6, 6.07) is 10.3. The van der Waals surface area contributed by atoms with Crippen molar-refractivity contribution in [2.45, 2.75) is 17.4 Å². The first-order chi connectivity index (χ1) is 15.4. The molecule has 2 aliphatic rings. The molecule has 1 aliphatic heterocycles. The number of hydrogen-bond acceptors (Lipinski definition) is 7. The van der Waals surface area contributed by atoms with E-state index in [0.29, 0.717) is 5.92 Å². The van der Waals surface area contributed by atoms with Gasteiger partial charge in [0.1, 0.15) is 5.82 Å². The maximum absolute atomic E-state index is 13.2. The molecule has 32 heavy (non-hydrogen) atoms. The highest BCUT2D eigenvalue weighted by Crippen LogP contribution is 2.65. The van der Waals surface area contributed by atoms with Crippen LogP contribution in [0, 0.1) is 30.0 Å². The van der Waals surface area contributed by atoms with Crippen molar-refractivity contribution in [1.82, 2.24) is 19.3 Å². The monoisotopic (exact) mass is 452 g/mol. The number of rotatable bonds is 7. The molecule has 9 heteroatoms. The Balaban J connectivity index is 1.43. The van der Waals surface area contributed by atoms with Crippen LogP contribution in [0.5, 0.6) is 0 Å². The lowest BCUT2D eigenvalue weighted by Gasteiger charge is -2.24. The van der Waals surface area contributed by atoms with E-state index >= 15 is 0 Å². The second-order valence-electron chi connectivity index (χ2n) is 8.55. The van der Waals surface area contributed by atoms with Gasteiger partial charge in [0.05, 0.1) is 6.20 Å². The van der Waals surface area contributed by atoms with Crippen molar-refractivity contribution in [3.63, 3.8) is 0 Å². The number of aliphatic hydroxyl groups is 1. The molecule has 3 unspecified atom stereocenters. The van der Waals surface area contributed by atoms with Gasteiger partial charge >= 0.3 is 0 Å². The number of aryl methyl sites for hydroxylation is 2. The number of fused-ring (bicyclic) bond motifs is 1. The first-order valence-electron chi connectivity index (χ1n) is 10.5. The van der Waals surface area contributed by atoms with Crippen molar-refractivity contribution in [2.75, 3.05) is 25.0 Å². The van der Waals surface area contributed by atoms with Crippen LogP contribution in [-0.4, -0.2) is 50.3 Å². The molecule has 0 radical (unpaired) electrons.